The molecule has 0 aromatic heterocycles. The molecule has 0 fully saturated rings. The summed E-state index contributed by atoms with van der Waals surface area (Å²) < 4.78 is 0. The highest BCUT2D eigenvalue weighted by atomic mass is 16.3. The number of hydrogen-bond donors (Lipinski definition) is 2. The maximum Gasteiger partial charge on any atom is 0.271 e. The molecule has 0 heterocycles. The third kappa shape index (κ3) is 0.998. The monoisotopic (exact) mass is 168 g/mol. The van der Waals surface area contributed by atoms with Gasteiger partial charge < -0.3 is 10.1 Å². The Morgan fingerprint density at radius 2 is 2.08 bits per heavy atom. The molecule has 64 valence electrons. The van der Waals surface area contributed by atoms with Gasteiger partial charge in [0.05, 0.1) is 6.54 Å². The molecule has 0 aliphatic heterocycles. The second-order valence-corrected chi connectivity index (χ2v) is 2.30. The molecule has 12 heavy (non-hydrogen) atoms. The van der Waals surface area contributed by atoms with Gasteiger partial charge in [-0.3, -0.25) is 9.59 Å². The minimum absolute atomic E-state index is 0.139. The zero-order chi connectivity index (χ0) is 9.30. The van der Waals surface area contributed by atoms with E-state index in [4.69, 9.17) is 10.9 Å². The highest BCUT2D eigenvalue weighted by Gasteiger charge is 2.22. The Balaban J connectivity index is 2.98. The smallest absolute Gasteiger partial charge is 0.271 e. The molecule has 3 N–H and O–H groups in total. The minimum Gasteiger partial charge on any atom is -0.502 e. The molecule has 0 amide bonds. The molecule has 0 saturated heterocycles. The van der Waals surface area contributed by atoms with E-state index in [1.54, 1.807) is 0 Å². The van der Waals surface area contributed by atoms with Crippen LogP contribution in [0.1, 0.15) is 0 Å². The van der Waals surface area contributed by atoms with Gasteiger partial charge >= 0.3 is 0 Å². The summed E-state index contributed by atoms with van der Waals surface area (Å²) in [6, 6.07) is 0. The van der Waals surface area contributed by atoms with Gasteiger partial charge in [-0.15, -0.1) is 6.58 Å². The van der Waals surface area contributed by atoms with Gasteiger partial charge in [0.2, 0.25) is 0 Å². The van der Waals surface area contributed by atoms with Crippen molar-refractivity contribution in [3.8, 4) is 5.75 Å². The van der Waals surface area contributed by atoms with Crippen molar-refractivity contribution in [2.75, 3.05) is 11.6 Å². The van der Waals surface area contributed by atoms with Crippen molar-refractivity contribution in [3.63, 3.8) is 0 Å². The third-order valence-corrected chi connectivity index (χ3v) is 1.47. The maximum atomic E-state index is 10.8. The lowest BCUT2D eigenvalue weighted by atomic mass is 10.2. The molecule has 0 bridgehead atoms. The Bertz CT molecular complexity index is 376. The first-order valence-corrected chi connectivity index (χ1v) is 3.25. The molecule has 1 aromatic carbocycles. The van der Waals surface area contributed by atoms with Crippen LogP contribution in [0.2, 0.25) is 0 Å². The third-order valence-electron chi connectivity index (χ3n) is 1.47. The van der Waals surface area contributed by atoms with Crippen molar-refractivity contribution in [2.45, 2.75) is 0 Å². The van der Waals surface area contributed by atoms with Crippen LogP contribution in [0.4, 0.5) is 5.69 Å². The first-order chi connectivity index (χ1) is 5.59. The quantitative estimate of drug-likeness (QED) is 0.258. The summed E-state index contributed by atoms with van der Waals surface area (Å²) in [4.78, 5) is 21.3. The lowest BCUT2D eigenvalue weighted by Gasteiger charge is -2.17. The molecule has 1 aromatic rings. The van der Waals surface area contributed by atoms with E-state index < -0.39 is 16.6 Å². The summed E-state index contributed by atoms with van der Waals surface area (Å²) in [5, 5.41) is 9.88. The average Bonchev–Trinajstić information content (AvgIpc) is 2.05. The highest BCUT2D eigenvalue weighted by molar-refractivity contribution is 5.62. The van der Waals surface area contributed by atoms with Gasteiger partial charge in [-0.1, -0.05) is 6.08 Å². The summed E-state index contributed by atoms with van der Waals surface area (Å²) in [6.07, 6.45) is 1.45. The number of hydrazine groups is 1. The van der Waals surface area contributed by atoms with E-state index in [9.17, 15) is 9.59 Å². The Labute approximate surface area is 68.0 Å². The Kier molecular flexibility index (Phi) is 1.97. The zero-order valence-electron chi connectivity index (χ0n) is 6.28. The van der Waals surface area contributed by atoms with E-state index in [1.165, 1.54) is 6.08 Å². The fourth-order valence-corrected chi connectivity index (χ4v) is 0.864. The zero-order valence-corrected chi connectivity index (χ0v) is 6.28. The number of rotatable bonds is 3. The predicted molar refractivity (Wildman–Crippen MR) is 44.7 cm³/mol. The fourth-order valence-electron chi connectivity index (χ4n) is 0.864. The van der Waals surface area contributed by atoms with Crippen LogP contribution in [0.15, 0.2) is 22.2 Å². The first-order valence-electron chi connectivity index (χ1n) is 3.25. The van der Waals surface area contributed by atoms with Crippen LogP contribution in [0.25, 0.3) is 0 Å². The largest absolute Gasteiger partial charge is 0.502 e. The molecular weight excluding hydrogens is 160 g/mol. The summed E-state index contributed by atoms with van der Waals surface area (Å²) in [5.74, 6) is 4.74. The molecule has 5 heteroatoms. The topological polar surface area (TPSA) is 83.6 Å². The van der Waals surface area contributed by atoms with Gasteiger partial charge in [-0.05, 0) is 0 Å². The van der Waals surface area contributed by atoms with Crippen molar-refractivity contribution >= 4 is 5.69 Å². The van der Waals surface area contributed by atoms with Crippen LogP contribution in [0.3, 0.4) is 0 Å². The van der Waals surface area contributed by atoms with E-state index >= 15 is 0 Å². The van der Waals surface area contributed by atoms with Crippen molar-refractivity contribution in [3.05, 3.63) is 33.1 Å². The van der Waals surface area contributed by atoms with E-state index in [1.807, 2.05) is 0 Å². The molecule has 0 aliphatic carbocycles. The van der Waals surface area contributed by atoms with Crippen LogP contribution in [-0.4, -0.2) is 11.7 Å². The number of nitrogens with two attached hydrogens (primary N) is 1. The molecule has 0 saturated carbocycles. The number of anilines is 1. The average molecular weight is 168 g/mol. The molecule has 5 nitrogen and oxygen atoms in total. The summed E-state index contributed by atoms with van der Waals surface area (Å²) in [7, 11) is 0. The molecule has 0 unspecified atom stereocenters. The fraction of sp³-hybridized carbons (Fsp3) is 0.143. The van der Waals surface area contributed by atoms with E-state index in [0.29, 0.717) is 0 Å². The van der Waals surface area contributed by atoms with Crippen molar-refractivity contribution in [1.29, 1.82) is 0 Å². The molecule has 0 spiro atoms. The summed E-state index contributed by atoms with van der Waals surface area (Å²) in [5.41, 5.74) is -1.78. The Morgan fingerprint density at radius 1 is 1.50 bits per heavy atom. The maximum absolute atomic E-state index is 10.8. The number of hydrogen-bond acceptors (Lipinski definition) is 5. The van der Waals surface area contributed by atoms with Gasteiger partial charge in [0, 0.05) is 0 Å². The molecule has 0 aliphatic rings. The SMILES string of the molecule is C=CCN(N)c1c(O)c(=O)c1=O. The van der Waals surface area contributed by atoms with Crippen LogP contribution < -0.4 is 21.7 Å². The molecule has 0 atom stereocenters. The Morgan fingerprint density at radius 3 is 2.50 bits per heavy atom. The highest BCUT2D eigenvalue weighted by Crippen LogP contribution is 2.17. The minimum atomic E-state index is -0.885. The van der Waals surface area contributed by atoms with Crippen LogP contribution in [0, 0.1) is 0 Å². The van der Waals surface area contributed by atoms with Gasteiger partial charge in [0.15, 0.2) is 11.4 Å². The normalized spacial score (nSPS) is 10.1. The van der Waals surface area contributed by atoms with Gasteiger partial charge in [-0.2, -0.15) is 0 Å². The molecular formula is C7H8N2O3. The number of aromatic hydroxyl groups is 1. The second-order valence-electron chi connectivity index (χ2n) is 2.30. The van der Waals surface area contributed by atoms with Gasteiger partial charge in [-0.25, -0.2) is 5.84 Å². The second kappa shape index (κ2) is 2.78. The van der Waals surface area contributed by atoms with Crippen molar-refractivity contribution < 1.29 is 5.11 Å². The summed E-state index contributed by atoms with van der Waals surface area (Å²) in [6.45, 7) is 3.60. The Hall–Kier alpha value is -1.62. The van der Waals surface area contributed by atoms with Gasteiger partial charge in [0.25, 0.3) is 10.9 Å². The van der Waals surface area contributed by atoms with E-state index in [2.05, 4.69) is 6.58 Å². The van der Waals surface area contributed by atoms with Gasteiger partial charge in [0.1, 0.15) is 0 Å². The van der Waals surface area contributed by atoms with Crippen molar-refractivity contribution in [1.82, 2.24) is 0 Å². The van der Waals surface area contributed by atoms with Crippen molar-refractivity contribution in [2.24, 2.45) is 5.84 Å². The lowest BCUT2D eigenvalue weighted by molar-refractivity contribution is 0.462. The summed E-state index contributed by atoms with van der Waals surface area (Å²) >= 11 is 0. The van der Waals surface area contributed by atoms with Crippen LogP contribution in [0.5, 0.6) is 5.75 Å². The molecule has 0 radical (unpaired) electrons. The lowest BCUT2D eigenvalue weighted by Crippen LogP contribution is -2.43. The standard InChI is InChI=1S/C7H8N2O3/c1-2-3-9(8)4-5(10)7(12)6(4)11/h2,10H,1,3,8H2. The molecule has 1 rings (SSSR count). The predicted octanol–water partition coefficient (Wildman–Crippen LogP) is -1.15. The first kappa shape index (κ1) is 8.48. The van der Waals surface area contributed by atoms with Crippen LogP contribution in [-0.2, 0) is 0 Å². The van der Waals surface area contributed by atoms with Crippen LogP contribution >= 0.6 is 0 Å². The van der Waals surface area contributed by atoms with E-state index in [0.717, 1.165) is 5.01 Å². The number of nitrogens with zero attached hydrogens (tertiary/aromatic N) is 1. The van der Waals surface area contributed by atoms with E-state index in [-0.39, 0.29) is 12.2 Å².